The molecule has 1 aliphatic rings. The zero-order chi connectivity index (χ0) is 17.4. The van der Waals surface area contributed by atoms with E-state index in [4.69, 9.17) is 0 Å². The minimum atomic E-state index is -0.463. The number of carbonyl (C=O) groups excluding carboxylic acids is 1. The molecule has 0 bridgehead atoms. The molecule has 1 aliphatic heterocycles. The molecule has 0 saturated carbocycles. The third kappa shape index (κ3) is 5.33. The molecule has 1 fully saturated rings. The van der Waals surface area contributed by atoms with Crippen molar-refractivity contribution in [1.29, 1.82) is 0 Å². The van der Waals surface area contributed by atoms with Crippen LogP contribution in [0.5, 0.6) is 0 Å². The van der Waals surface area contributed by atoms with Crippen LogP contribution in [0.1, 0.15) is 18.9 Å². The number of hydrogen-bond donors (Lipinski definition) is 2. The quantitative estimate of drug-likeness (QED) is 0.646. The first-order valence-electron chi connectivity index (χ1n) is 8.17. The summed E-state index contributed by atoms with van der Waals surface area (Å²) in [6.45, 7) is 5.01. The number of carbonyl (C=O) groups is 1. The van der Waals surface area contributed by atoms with Gasteiger partial charge in [0, 0.05) is 43.4 Å². The molecule has 1 heterocycles. The Labute approximate surface area is 148 Å². The molecule has 6 nitrogen and oxygen atoms in total. The molecule has 1 amide bonds. The number of aliphatic imine (C=N–C) groups is 1. The first kappa shape index (κ1) is 18.4. The highest BCUT2D eigenvalue weighted by atomic mass is 32.2. The van der Waals surface area contributed by atoms with E-state index < -0.39 is 6.09 Å². The molecule has 24 heavy (non-hydrogen) atoms. The highest BCUT2D eigenvalue weighted by molar-refractivity contribution is 8.00. The fraction of sp³-hybridized carbons (Fsp3) is 0.529. The molecule has 1 aromatic carbocycles. The van der Waals surface area contributed by atoms with E-state index in [-0.39, 0.29) is 0 Å². The van der Waals surface area contributed by atoms with Crippen molar-refractivity contribution >= 4 is 29.5 Å². The molecule has 2 rings (SSSR count). The summed E-state index contributed by atoms with van der Waals surface area (Å²) in [6, 6.07) is 7.68. The molecule has 7 heteroatoms. The van der Waals surface area contributed by atoms with Crippen molar-refractivity contribution in [2.45, 2.75) is 25.1 Å². The van der Waals surface area contributed by atoms with Crippen molar-refractivity contribution in [1.82, 2.24) is 10.2 Å². The normalized spacial score (nSPS) is 18.2. The monoisotopic (exact) mass is 350 g/mol. The fourth-order valence-electron chi connectivity index (χ4n) is 2.55. The van der Waals surface area contributed by atoms with Crippen LogP contribution in [0.3, 0.4) is 0 Å². The third-order valence-electron chi connectivity index (χ3n) is 3.94. The minimum Gasteiger partial charge on any atom is -0.453 e. The van der Waals surface area contributed by atoms with Gasteiger partial charge in [-0.05, 0) is 24.1 Å². The zero-order valence-corrected chi connectivity index (χ0v) is 15.4. The van der Waals surface area contributed by atoms with Gasteiger partial charge in [0.1, 0.15) is 0 Å². The van der Waals surface area contributed by atoms with Crippen LogP contribution in [0.25, 0.3) is 0 Å². The number of rotatable bonds is 4. The van der Waals surface area contributed by atoms with Gasteiger partial charge in [-0.15, -0.1) is 0 Å². The molecule has 0 aromatic heterocycles. The molecule has 132 valence electrons. The lowest BCUT2D eigenvalue weighted by Gasteiger charge is -2.34. The van der Waals surface area contributed by atoms with E-state index in [2.05, 4.69) is 32.2 Å². The van der Waals surface area contributed by atoms with Crippen LogP contribution in [-0.4, -0.2) is 55.2 Å². The third-order valence-corrected chi connectivity index (χ3v) is 5.31. The number of nitrogens with one attached hydrogen (secondary N) is 2. The van der Waals surface area contributed by atoms with Crippen molar-refractivity contribution in [3.8, 4) is 0 Å². The molecule has 1 unspecified atom stereocenters. The fourth-order valence-corrected chi connectivity index (χ4v) is 3.73. The topological polar surface area (TPSA) is 66.0 Å². The van der Waals surface area contributed by atoms with Gasteiger partial charge >= 0.3 is 6.09 Å². The molecular weight excluding hydrogens is 324 g/mol. The second-order valence-electron chi connectivity index (χ2n) is 5.56. The highest BCUT2D eigenvalue weighted by Gasteiger charge is 2.21. The molecular formula is C17H26N4O2S. The molecule has 0 spiro atoms. The second kappa shape index (κ2) is 9.42. The average Bonchev–Trinajstić information content (AvgIpc) is 2.63. The summed E-state index contributed by atoms with van der Waals surface area (Å²) in [7, 11) is 3.18. The lowest BCUT2D eigenvalue weighted by atomic mass is 10.2. The highest BCUT2D eigenvalue weighted by Crippen LogP contribution is 2.21. The van der Waals surface area contributed by atoms with E-state index in [1.54, 1.807) is 0 Å². The second-order valence-corrected chi connectivity index (χ2v) is 6.97. The minimum absolute atomic E-state index is 0.463. The first-order chi connectivity index (χ1) is 11.7. The Balaban J connectivity index is 1.88. The summed E-state index contributed by atoms with van der Waals surface area (Å²) >= 11 is 2.05. The van der Waals surface area contributed by atoms with Gasteiger partial charge in [0.05, 0.1) is 7.11 Å². The predicted molar refractivity (Wildman–Crippen MR) is 101 cm³/mol. The molecule has 1 saturated heterocycles. The van der Waals surface area contributed by atoms with E-state index in [0.717, 1.165) is 30.4 Å². The van der Waals surface area contributed by atoms with E-state index >= 15 is 0 Å². The van der Waals surface area contributed by atoms with Crippen LogP contribution in [0.4, 0.5) is 10.5 Å². The summed E-state index contributed by atoms with van der Waals surface area (Å²) in [5.41, 5.74) is 1.85. The molecule has 1 atom stereocenters. The van der Waals surface area contributed by atoms with Gasteiger partial charge in [-0.3, -0.25) is 10.3 Å². The maximum absolute atomic E-state index is 11.2. The number of guanidine groups is 1. The van der Waals surface area contributed by atoms with Crippen LogP contribution in [0, 0.1) is 0 Å². The summed E-state index contributed by atoms with van der Waals surface area (Å²) < 4.78 is 4.58. The van der Waals surface area contributed by atoms with Crippen LogP contribution < -0.4 is 10.6 Å². The lowest BCUT2D eigenvalue weighted by molar-refractivity contribution is 0.187. The molecule has 1 aromatic rings. The van der Waals surface area contributed by atoms with E-state index in [1.807, 2.05) is 43.1 Å². The van der Waals surface area contributed by atoms with Crippen molar-refractivity contribution in [2.24, 2.45) is 4.99 Å². The number of methoxy groups -OCH3 is 1. The average molecular weight is 350 g/mol. The van der Waals surface area contributed by atoms with Crippen molar-refractivity contribution in [3.05, 3.63) is 29.8 Å². The SMILES string of the molecule is CCC1CN(C(=NC)NCc2ccc(NC(=O)OC)cc2)CCS1. The summed E-state index contributed by atoms with van der Waals surface area (Å²) in [5.74, 6) is 2.10. The van der Waals surface area contributed by atoms with Gasteiger partial charge in [0.15, 0.2) is 5.96 Å². The van der Waals surface area contributed by atoms with Gasteiger partial charge in [-0.25, -0.2) is 4.79 Å². The number of amides is 1. The van der Waals surface area contributed by atoms with Gasteiger partial charge in [-0.2, -0.15) is 11.8 Å². The molecule has 0 aliphatic carbocycles. The van der Waals surface area contributed by atoms with Crippen molar-refractivity contribution in [3.63, 3.8) is 0 Å². The standard InChI is InChI=1S/C17H26N4O2S/c1-4-15-12-21(9-10-24-15)16(18-2)19-11-13-5-7-14(8-6-13)20-17(22)23-3/h5-8,15H,4,9-12H2,1-3H3,(H,18,19)(H,20,22). The Kier molecular flexibility index (Phi) is 7.24. The number of thioether (sulfide) groups is 1. The number of ether oxygens (including phenoxy) is 1. The maximum Gasteiger partial charge on any atom is 0.411 e. The number of anilines is 1. The van der Waals surface area contributed by atoms with Crippen LogP contribution in [-0.2, 0) is 11.3 Å². The Bertz CT molecular complexity index is 562. The summed E-state index contributed by atoms with van der Waals surface area (Å²) in [4.78, 5) is 17.9. The van der Waals surface area contributed by atoms with E-state index in [0.29, 0.717) is 17.5 Å². The van der Waals surface area contributed by atoms with Gasteiger partial charge < -0.3 is 15.0 Å². The largest absolute Gasteiger partial charge is 0.453 e. The Morgan fingerprint density at radius 2 is 2.17 bits per heavy atom. The van der Waals surface area contributed by atoms with Crippen LogP contribution >= 0.6 is 11.8 Å². The number of hydrogen-bond acceptors (Lipinski definition) is 4. The Morgan fingerprint density at radius 1 is 1.42 bits per heavy atom. The van der Waals surface area contributed by atoms with Crippen LogP contribution in [0.15, 0.2) is 29.3 Å². The van der Waals surface area contributed by atoms with E-state index in [9.17, 15) is 4.79 Å². The van der Waals surface area contributed by atoms with Crippen molar-refractivity contribution < 1.29 is 9.53 Å². The Hall–Kier alpha value is -1.89. The predicted octanol–water partition coefficient (Wildman–Crippen LogP) is 2.77. The Morgan fingerprint density at radius 3 is 2.79 bits per heavy atom. The van der Waals surface area contributed by atoms with Gasteiger partial charge in [-0.1, -0.05) is 19.1 Å². The lowest BCUT2D eigenvalue weighted by Crippen LogP contribution is -2.47. The van der Waals surface area contributed by atoms with Crippen LogP contribution in [0.2, 0.25) is 0 Å². The first-order valence-corrected chi connectivity index (χ1v) is 9.22. The molecule has 2 N–H and O–H groups in total. The molecule has 0 radical (unpaired) electrons. The zero-order valence-electron chi connectivity index (χ0n) is 14.5. The maximum atomic E-state index is 11.2. The number of benzene rings is 1. The van der Waals surface area contributed by atoms with Crippen molar-refractivity contribution in [2.75, 3.05) is 38.3 Å². The number of nitrogens with zero attached hydrogens (tertiary/aromatic N) is 2. The smallest absolute Gasteiger partial charge is 0.411 e. The van der Waals surface area contributed by atoms with Gasteiger partial charge in [0.2, 0.25) is 0 Å². The summed E-state index contributed by atoms with van der Waals surface area (Å²) in [5, 5.41) is 6.75. The van der Waals surface area contributed by atoms with E-state index in [1.165, 1.54) is 13.5 Å². The van der Waals surface area contributed by atoms with Gasteiger partial charge in [0.25, 0.3) is 0 Å². The summed E-state index contributed by atoms with van der Waals surface area (Å²) in [6.07, 6.45) is 0.724.